The van der Waals surface area contributed by atoms with Gasteiger partial charge in [-0.15, -0.1) is 0 Å². The zero-order valence-electron chi connectivity index (χ0n) is 21.2. The summed E-state index contributed by atoms with van der Waals surface area (Å²) >= 11 is 0. The van der Waals surface area contributed by atoms with E-state index in [-0.39, 0.29) is 28.6 Å². The number of nitrogens with zero attached hydrogens (tertiary/aromatic N) is 1. The first kappa shape index (κ1) is 25.8. The third-order valence-electron chi connectivity index (χ3n) is 9.93. The van der Waals surface area contributed by atoms with Gasteiger partial charge < -0.3 is 30.7 Å². The molecule has 0 aliphatic heterocycles. The molecule has 0 bridgehead atoms. The fraction of sp³-hybridized carbons (Fsp3) is 0.815. The molecule has 0 spiro atoms. The van der Waals surface area contributed by atoms with Gasteiger partial charge in [-0.05, 0) is 99.7 Å². The third-order valence-corrected chi connectivity index (χ3v) is 9.93. The molecule has 7 nitrogen and oxygen atoms in total. The van der Waals surface area contributed by atoms with Crippen LogP contribution in [-0.4, -0.2) is 66.0 Å². The van der Waals surface area contributed by atoms with Crippen molar-refractivity contribution < 1.29 is 30.7 Å². The van der Waals surface area contributed by atoms with Gasteiger partial charge in [-0.2, -0.15) is 0 Å². The van der Waals surface area contributed by atoms with Crippen molar-refractivity contribution in [1.29, 1.82) is 0 Å². The van der Waals surface area contributed by atoms with Gasteiger partial charge in [0.25, 0.3) is 0 Å². The second kappa shape index (κ2) is 8.41. The Hall–Kier alpha value is -1.25. The second-order valence-corrected chi connectivity index (χ2v) is 12.8. The van der Waals surface area contributed by atoms with Crippen molar-refractivity contribution in [2.75, 3.05) is 0 Å². The van der Waals surface area contributed by atoms with E-state index >= 15 is 0 Å². The summed E-state index contributed by atoms with van der Waals surface area (Å²) in [6.45, 7) is 9.43. The largest absolute Gasteiger partial charge is 0.411 e. The van der Waals surface area contributed by atoms with Crippen LogP contribution in [0.2, 0.25) is 0 Å². The molecule has 0 amide bonds. The summed E-state index contributed by atoms with van der Waals surface area (Å²) < 4.78 is 0. The third kappa shape index (κ3) is 3.97. The summed E-state index contributed by atoms with van der Waals surface area (Å²) in [5.74, 6) is -0.153. The van der Waals surface area contributed by atoms with Crippen LogP contribution in [0.25, 0.3) is 0 Å². The van der Waals surface area contributed by atoms with Crippen molar-refractivity contribution in [2.45, 2.75) is 109 Å². The molecule has 0 heterocycles. The minimum atomic E-state index is -1.33. The molecule has 192 valence electrons. The standard InChI is InChI=1S/C27H43NO6/c1-24(2,32)10-9-23(31)27(5,33)22-7-6-16-15-12-19(28-34)18-13-20(29)21(30)14-26(18,4)17(15)8-11-25(16,22)3/h6,12,17-18,20-23,29-34H,7-11,13-14H2,1-5H3/b28-19-/t17-,18-,20-,21+,22+,23-,25+,26+,27+/m0/s1. The first-order valence-electron chi connectivity index (χ1n) is 12.8. The summed E-state index contributed by atoms with van der Waals surface area (Å²) in [5, 5.41) is 66.9. The van der Waals surface area contributed by atoms with Crippen molar-refractivity contribution in [1.82, 2.24) is 0 Å². The van der Waals surface area contributed by atoms with Gasteiger partial charge in [-0.25, -0.2) is 0 Å². The van der Waals surface area contributed by atoms with E-state index in [9.17, 15) is 30.7 Å². The SMILES string of the molecule is CC(C)(O)CC[C@H](O)[C@](C)(O)[C@@H]1CC=C2C3=C/C(=N/O)[C@@H]4C[C@H](O)[C@H](O)C[C@]4(C)[C@H]3CC[C@]21C. The number of hydrogen-bond donors (Lipinski definition) is 6. The minimum absolute atomic E-state index is 0.126. The zero-order chi connectivity index (χ0) is 25.3. The van der Waals surface area contributed by atoms with Crippen LogP contribution in [-0.2, 0) is 0 Å². The highest BCUT2D eigenvalue weighted by Gasteiger charge is 2.60. The van der Waals surface area contributed by atoms with Crippen molar-refractivity contribution in [2.24, 2.45) is 33.7 Å². The van der Waals surface area contributed by atoms with Crippen molar-refractivity contribution >= 4 is 5.71 Å². The van der Waals surface area contributed by atoms with Gasteiger partial charge in [0.1, 0.15) is 0 Å². The van der Waals surface area contributed by atoms with Crippen LogP contribution in [0.4, 0.5) is 0 Å². The molecule has 0 radical (unpaired) electrons. The molecule has 0 aromatic carbocycles. The lowest BCUT2D eigenvalue weighted by Gasteiger charge is -2.57. The maximum Gasteiger partial charge on any atom is 0.0916 e. The highest BCUT2D eigenvalue weighted by atomic mass is 16.4. The monoisotopic (exact) mass is 477 g/mol. The molecule has 4 aliphatic rings. The molecule has 6 N–H and O–H groups in total. The second-order valence-electron chi connectivity index (χ2n) is 12.8. The van der Waals surface area contributed by atoms with Crippen LogP contribution < -0.4 is 0 Å². The Morgan fingerprint density at radius 2 is 1.79 bits per heavy atom. The number of hydrogen-bond acceptors (Lipinski definition) is 7. The number of rotatable bonds is 5. The number of aliphatic hydroxyl groups excluding tert-OH is 3. The summed E-state index contributed by atoms with van der Waals surface area (Å²) in [5.41, 5.74) is -0.123. The lowest BCUT2D eigenvalue weighted by Crippen LogP contribution is -2.56. The molecular weight excluding hydrogens is 434 g/mol. The zero-order valence-corrected chi connectivity index (χ0v) is 21.2. The summed E-state index contributed by atoms with van der Waals surface area (Å²) in [6, 6.07) is 0. The van der Waals surface area contributed by atoms with Gasteiger partial charge in [0.2, 0.25) is 0 Å². The number of oxime groups is 1. The number of allylic oxidation sites excluding steroid dienone is 4. The van der Waals surface area contributed by atoms with Crippen LogP contribution in [0.1, 0.15) is 79.6 Å². The van der Waals surface area contributed by atoms with E-state index in [0.717, 1.165) is 24.0 Å². The number of fused-ring (bicyclic) bond motifs is 5. The van der Waals surface area contributed by atoms with Gasteiger partial charge >= 0.3 is 0 Å². The van der Waals surface area contributed by atoms with Crippen LogP contribution in [0, 0.1) is 28.6 Å². The molecular formula is C27H43NO6. The van der Waals surface area contributed by atoms with Crippen LogP contribution in [0.5, 0.6) is 0 Å². The average molecular weight is 478 g/mol. The summed E-state index contributed by atoms with van der Waals surface area (Å²) in [6.07, 6.45) is 5.41. The summed E-state index contributed by atoms with van der Waals surface area (Å²) in [7, 11) is 0. The van der Waals surface area contributed by atoms with Gasteiger partial charge in [0.15, 0.2) is 0 Å². The molecule has 9 atom stereocenters. The Kier molecular flexibility index (Phi) is 6.39. The lowest BCUT2D eigenvalue weighted by molar-refractivity contribution is -0.134. The highest BCUT2D eigenvalue weighted by Crippen LogP contribution is 2.65. The molecule has 4 aliphatic carbocycles. The summed E-state index contributed by atoms with van der Waals surface area (Å²) in [4.78, 5) is 0. The molecule has 0 unspecified atom stereocenters. The highest BCUT2D eigenvalue weighted by molar-refractivity contribution is 5.99. The van der Waals surface area contributed by atoms with Gasteiger partial charge in [0.05, 0.1) is 35.2 Å². The van der Waals surface area contributed by atoms with Crippen LogP contribution in [0.15, 0.2) is 28.5 Å². The van der Waals surface area contributed by atoms with E-state index in [4.69, 9.17) is 0 Å². The van der Waals surface area contributed by atoms with E-state index in [1.807, 2.05) is 6.08 Å². The smallest absolute Gasteiger partial charge is 0.0916 e. The Morgan fingerprint density at radius 3 is 2.41 bits per heavy atom. The predicted octanol–water partition coefficient (Wildman–Crippen LogP) is 2.92. The molecule has 2 fully saturated rings. The van der Waals surface area contributed by atoms with Gasteiger partial charge in [-0.1, -0.05) is 25.1 Å². The fourth-order valence-corrected chi connectivity index (χ4v) is 7.82. The lowest BCUT2D eigenvalue weighted by atomic mass is 9.47. The Balaban J connectivity index is 1.65. The predicted molar refractivity (Wildman–Crippen MR) is 129 cm³/mol. The normalized spacial score (nSPS) is 43.8. The molecule has 2 saturated carbocycles. The topological polar surface area (TPSA) is 134 Å². The van der Waals surface area contributed by atoms with Crippen LogP contribution in [0.3, 0.4) is 0 Å². The first-order valence-corrected chi connectivity index (χ1v) is 12.8. The molecule has 0 aromatic heterocycles. The van der Waals surface area contributed by atoms with E-state index < -0.39 is 29.5 Å². The van der Waals surface area contributed by atoms with E-state index in [1.165, 1.54) is 0 Å². The Bertz CT molecular complexity index is 901. The van der Waals surface area contributed by atoms with Crippen molar-refractivity contribution in [3.05, 3.63) is 23.3 Å². The quantitative estimate of drug-likeness (QED) is 0.266. The van der Waals surface area contributed by atoms with E-state index in [1.54, 1.807) is 20.8 Å². The Morgan fingerprint density at radius 1 is 1.12 bits per heavy atom. The molecule has 4 rings (SSSR count). The van der Waals surface area contributed by atoms with Gasteiger partial charge in [-0.3, -0.25) is 0 Å². The molecule has 34 heavy (non-hydrogen) atoms. The van der Waals surface area contributed by atoms with Crippen molar-refractivity contribution in [3.63, 3.8) is 0 Å². The average Bonchev–Trinajstić information content (AvgIpc) is 3.10. The first-order chi connectivity index (χ1) is 15.6. The van der Waals surface area contributed by atoms with Gasteiger partial charge in [0, 0.05) is 11.8 Å². The molecule has 0 aromatic rings. The molecule has 0 saturated heterocycles. The minimum Gasteiger partial charge on any atom is -0.411 e. The van der Waals surface area contributed by atoms with Crippen LogP contribution >= 0.6 is 0 Å². The maximum absolute atomic E-state index is 11.6. The Labute approximate surface area is 202 Å². The maximum atomic E-state index is 11.6. The van der Waals surface area contributed by atoms with E-state index in [0.29, 0.717) is 37.8 Å². The van der Waals surface area contributed by atoms with E-state index in [2.05, 4.69) is 25.1 Å². The molecule has 7 heteroatoms. The fourth-order valence-electron chi connectivity index (χ4n) is 7.82. The number of aliphatic hydroxyl groups is 5. The van der Waals surface area contributed by atoms with Crippen molar-refractivity contribution in [3.8, 4) is 0 Å².